The van der Waals surface area contributed by atoms with E-state index in [9.17, 15) is 22.8 Å². The normalized spacial score (nSPS) is 13.2. The summed E-state index contributed by atoms with van der Waals surface area (Å²) < 4.78 is 41.8. The van der Waals surface area contributed by atoms with Crippen molar-refractivity contribution in [1.82, 2.24) is 4.98 Å². The summed E-state index contributed by atoms with van der Waals surface area (Å²) >= 11 is 0. The third-order valence-corrected chi connectivity index (χ3v) is 2.08. The fourth-order valence-electron chi connectivity index (χ4n) is 1.33. The third kappa shape index (κ3) is 3.61. The molecule has 0 saturated heterocycles. The van der Waals surface area contributed by atoms with E-state index < -0.39 is 23.4 Å². The molecule has 0 aromatic carbocycles. The zero-order valence-electron chi connectivity index (χ0n) is 8.88. The van der Waals surface area contributed by atoms with Gasteiger partial charge in [0.25, 0.3) is 12.0 Å². The molecule has 94 valence electrons. The molecule has 4 nitrogen and oxygen atoms in total. The van der Waals surface area contributed by atoms with Gasteiger partial charge in [-0.25, -0.2) is 0 Å². The zero-order chi connectivity index (χ0) is 13.1. The quantitative estimate of drug-likeness (QED) is 0.822. The van der Waals surface area contributed by atoms with Gasteiger partial charge in [-0.2, -0.15) is 13.2 Å². The molecule has 17 heavy (non-hydrogen) atoms. The number of hydrogen-bond acceptors (Lipinski definition) is 3. The molecular weight excluding hydrogens is 239 g/mol. The van der Waals surface area contributed by atoms with E-state index in [0.29, 0.717) is 0 Å². The highest BCUT2D eigenvalue weighted by Gasteiger charge is 2.34. The van der Waals surface area contributed by atoms with Gasteiger partial charge in [0, 0.05) is 12.6 Å². The molecule has 1 heterocycles. The van der Waals surface area contributed by atoms with Gasteiger partial charge in [-0.05, 0) is 18.6 Å². The van der Waals surface area contributed by atoms with Crippen LogP contribution in [0.1, 0.15) is 18.1 Å². The first-order chi connectivity index (χ1) is 7.84. The number of carbonyl (C=O) groups is 1. The van der Waals surface area contributed by atoms with Crippen molar-refractivity contribution in [1.29, 1.82) is 0 Å². The van der Waals surface area contributed by atoms with Crippen LogP contribution >= 0.6 is 0 Å². The van der Waals surface area contributed by atoms with Crippen molar-refractivity contribution in [3.05, 3.63) is 33.7 Å². The average Bonchev–Trinajstić information content (AvgIpc) is 2.19. The van der Waals surface area contributed by atoms with Crippen molar-refractivity contribution in [2.45, 2.75) is 25.6 Å². The van der Waals surface area contributed by atoms with Gasteiger partial charge in [0.2, 0.25) is 0 Å². The smallest absolute Gasteiger partial charge is 0.421 e. The molecule has 1 unspecified atom stereocenters. The molecular formula is C10H10F3NO3. The highest BCUT2D eigenvalue weighted by molar-refractivity contribution is 5.37. The van der Waals surface area contributed by atoms with Crippen LogP contribution in [0.5, 0.6) is 0 Å². The fourth-order valence-corrected chi connectivity index (χ4v) is 1.33. The van der Waals surface area contributed by atoms with Crippen LogP contribution in [0.3, 0.4) is 0 Å². The zero-order valence-corrected chi connectivity index (χ0v) is 8.88. The molecule has 0 fully saturated rings. The minimum atomic E-state index is -4.70. The van der Waals surface area contributed by atoms with Gasteiger partial charge in [0.05, 0.1) is 0 Å². The Morgan fingerprint density at radius 3 is 2.71 bits per heavy atom. The van der Waals surface area contributed by atoms with E-state index in [1.165, 1.54) is 13.1 Å². The minimum Gasteiger partial charge on any atom is -0.465 e. The lowest BCUT2D eigenvalue weighted by atomic mass is 10.1. The monoisotopic (exact) mass is 249 g/mol. The second-order valence-corrected chi connectivity index (χ2v) is 3.50. The summed E-state index contributed by atoms with van der Waals surface area (Å²) in [5, 5.41) is 0. The molecule has 0 aliphatic heterocycles. The van der Waals surface area contributed by atoms with E-state index in [1.54, 1.807) is 0 Å². The van der Waals surface area contributed by atoms with Crippen molar-refractivity contribution >= 4 is 6.47 Å². The highest BCUT2D eigenvalue weighted by atomic mass is 19.4. The SMILES string of the molecule is CC(Cc1c[nH]c(=O)c(C(F)(F)F)c1)OC=O. The molecule has 1 rings (SSSR count). The van der Waals surface area contributed by atoms with Gasteiger partial charge in [0.1, 0.15) is 11.7 Å². The molecule has 1 aromatic rings. The molecule has 7 heteroatoms. The molecule has 1 atom stereocenters. The molecule has 1 aromatic heterocycles. The topological polar surface area (TPSA) is 59.2 Å². The summed E-state index contributed by atoms with van der Waals surface area (Å²) in [7, 11) is 0. The lowest BCUT2D eigenvalue weighted by molar-refractivity contribution is -0.139. The van der Waals surface area contributed by atoms with Gasteiger partial charge >= 0.3 is 6.18 Å². The molecule has 0 radical (unpaired) electrons. The summed E-state index contributed by atoms with van der Waals surface area (Å²) in [6.07, 6.45) is -3.99. The number of halogens is 3. The van der Waals surface area contributed by atoms with E-state index in [1.807, 2.05) is 4.98 Å². The Kier molecular flexibility index (Phi) is 3.93. The second-order valence-electron chi connectivity index (χ2n) is 3.50. The summed E-state index contributed by atoms with van der Waals surface area (Å²) in [6, 6.07) is 0.753. The number of hydrogen-bond donors (Lipinski definition) is 1. The van der Waals surface area contributed by atoms with Crippen LogP contribution in [0, 0.1) is 0 Å². The van der Waals surface area contributed by atoms with E-state index >= 15 is 0 Å². The van der Waals surface area contributed by atoms with Crippen LogP contribution in [-0.2, 0) is 22.1 Å². The Hall–Kier alpha value is -1.79. The molecule has 1 N–H and O–H groups in total. The highest BCUT2D eigenvalue weighted by Crippen LogP contribution is 2.26. The number of carbonyl (C=O) groups excluding carboxylic acids is 1. The van der Waals surface area contributed by atoms with E-state index in [0.717, 1.165) is 6.07 Å². The second kappa shape index (κ2) is 5.03. The first-order valence-electron chi connectivity index (χ1n) is 4.72. The summed E-state index contributed by atoms with van der Waals surface area (Å²) in [6.45, 7) is 1.76. The number of aromatic amines is 1. The standard InChI is InChI=1S/C10H10F3NO3/c1-6(17-5-15)2-7-3-8(10(11,12)13)9(16)14-4-7/h3-6H,2H2,1H3,(H,14,16). The minimum absolute atomic E-state index is 0.0958. The number of ether oxygens (including phenoxy) is 1. The average molecular weight is 249 g/mol. The maximum Gasteiger partial charge on any atom is 0.421 e. The van der Waals surface area contributed by atoms with E-state index in [2.05, 4.69) is 4.74 Å². The van der Waals surface area contributed by atoms with Gasteiger partial charge < -0.3 is 9.72 Å². The Bertz CT molecular complexity index is 453. The maximum absolute atomic E-state index is 12.4. The fraction of sp³-hybridized carbons (Fsp3) is 0.400. The Morgan fingerprint density at radius 2 is 2.18 bits per heavy atom. The van der Waals surface area contributed by atoms with Crippen molar-refractivity contribution < 1.29 is 22.7 Å². The number of aromatic nitrogens is 1. The van der Waals surface area contributed by atoms with Gasteiger partial charge in [-0.1, -0.05) is 0 Å². The van der Waals surface area contributed by atoms with Crippen LogP contribution < -0.4 is 5.56 Å². The van der Waals surface area contributed by atoms with Crippen LogP contribution in [-0.4, -0.2) is 17.6 Å². The van der Waals surface area contributed by atoms with Crippen LogP contribution in [0.25, 0.3) is 0 Å². The Labute approximate surface area is 94.4 Å². The summed E-state index contributed by atoms with van der Waals surface area (Å²) in [4.78, 5) is 23.0. The molecule has 0 aliphatic rings. The molecule has 0 amide bonds. The van der Waals surface area contributed by atoms with Crippen molar-refractivity contribution in [3.8, 4) is 0 Å². The Morgan fingerprint density at radius 1 is 1.53 bits per heavy atom. The van der Waals surface area contributed by atoms with Crippen molar-refractivity contribution in [3.63, 3.8) is 0 Å². The lowest BCUT2D eigenvalue weighted by Crippen LogP contribution is -2.22. The third-order valence-electron chi connectivity index (χ3n) is 2.08. The number of H-pyrrole nitrogens is 1. The number of pyridine rings is 1. The number of rotatable bonds is 4. The van der Waals surface area contributed by atoms with E-state index in [-0.39, 0.29) is 18.5 Å². The Balaban J connectivity index is 2.97. The summed E-state index contributed by atoms with van der Waals surface area (Å²) in [5.74, 6) is 0. The molecule has 0 bridgehead atoms. The number of nitrogens with one attached hydrogen (secondary N) is 1. The van der Waals surface area contributed by atoms with Crippen LogP contribution in [0.4, 0.5) is 13.2 Å². The van der Waals surface area contributed by atoms with Crippen molar-refractivity contribution in [2.75, 3.05) is 0 Å². The maximum atomic E-state index is 12.4. The lowest BCUT2D eigenvalue weighted by Gasteiger charge is -2.11. The van der Waals surface area contributed by atoms with Crippen LogP contribution in [0.2, 0.25) is 0 Å². The molecule has 0 spiro atoms. The summed E-state index contributed by atoms with van der Waals surface area (Å²) in [5.41, 5.74) is -2.20. The predicted octanol–water partition coefficient (Wildman–Crippen LogP) is 1.50. The molecule has 0 aliphatic carbocycles. The largest absolute Gasteiger partial charge is 0.465 e. The molecule has 0 saturated carbocycles. The number of alkyl halides is 3. The predicted molar refractivity (Wildman–Crippen MR) is 52.4 cm³/mol. The first kappa shape index (κ1) is 13.3. The van der Waals surface area contributed by atoms with E-state index in [4.69, 9.17) is 0 Å². The van der Waals surface area contributed by atoms with Crippen molar-refractivity contribution in [2.24, 2.45) is 0 Å². The van der Waals surface area contributed by atoms with Crippen LogP contribution in [0.15, 0.2) is 17.1 Å². The van der Waals surface area contributed by atoms with Gasteiger partial charge in [0.15, 0.2) is 0 Å². The van der Waals surface area contributed by atoms with Gasteiger partial charge in [-0.15, -0.1) is 0 Å². The van der Waals surface area contributed by atoms with Gasteiger partial charge in [-0.3, -0.25) is 9.59 Å². The first-order valence-corrected chi connectivity index (χ1v) is 4.72.